The molecule has 1 heterocycles. The maximum absolute atomic E-state index is 10.9. The summed E-state index contributed by atoms with van der Waals surface area (Å²) < 4.78 is 0. The van der Waals surface area contributed by atoms with Crippen molar-refractivity contribution >= 4 is 5.97 Å². The maximum Gasteiger partial charge on any atom is 0.321 e. The number of nitrogens with one attached hydrogen (secondary N) is 1. The summed E-state index contributed by atoms with van der Waals surface area (Å²) in [6, 6.07) is 6.11. The van der Waals surface area contributed by atoms with E-state index < -0.39 is 12.0 Å². The van der Waals surface area contributed by atoms with Crippen LogP contribution < -0.4 is 5.32 Å². The molecule has 1 atom stereocenters. The van der Waals surface area contributed by atoms with E-state index in [2.05, 4.69) is 23.5 Å². The predicted molar refractivity (Wildman–Crippen MR) is 60.4 cm³/mol. The van der Waals surface area contributed by atoms with Gasteiger partial charge in [-0.15, -0.1) is 0 Å². The molecular weight excluding hydrogens is 202 g/mol. The molecule has 2 N–H and O–H groups in total. The zero-order valence-corrected chi connectivity index (χ0v) is 9.07. The number of rotatable bonds is 2. The first kappa shape index (κ1) is 9.85. The summed E-state index contributed by atoms with van der Waals surface area (Å²) in [4.78, 5) is 10.9. The molecule has 2 aliphatic rings. The summed E-state index contributed by atoms with van der Waals surface area (Å²) in [5.41, 5.74) is 3.90. The lowest BCUT2D eigenvalue weighted by molar-refractivity contribution is -0.139. The standard InChI is InChI=1S/C13H15NO2/c15-13(16)12-6-10-4-3-9(8-1-2-8)5-11(10)7-14-12/h3-5,8,12,14H,1-2,6-7H2,(H,15,16). The molecule has 16 heavy (non-hydrogen) atoms. The minimum atomic E-state index is -0.753. The number of fused-ring (bicyclic) bond motifs is 1. The van der Waals surface area contributed by atoms with Crippen molar-refractivity contribution in [1.29, 1.82) is 0 Å². The molecule has 1 aromatic carbocycles. The number of carbonyl (C=O) groups is 1. The summed E-state index contributed by atoms with van der Waals surface area (Å²) in [6.07, 6.45) is 3.23. The van der Waals surface area contributed by atoms with Crippen molar-refractivity contribution in [3.63, 3.8) is 0 Å². The molecule has 1 aromatic rings. The summed E-state index contributed by atoms with van der Waals surface area (Å²) in [5, 5.41) is 12.0. The van der Waals surface area contributed by atoms with Crippen molar-refractivity contribution in [2.75, 3.05) is 0 Å². The smallest absolute Gasteiger partial charge is 0.321 e. The maximum atomic E-state index is 10.9. The lowest BCUT2D eigenvalue weighted by Gasteiger charge is -2.23. The molecule has 1 saturated carbocycles. The third-order valence-corrected chi connectivity index (χ3v) is 3.54. The summed E-state index contributed by atoms with van der Waals surface area (Å²) in [5.74, 6) is 0.0133. The van der Waals surface area contributed by atoms with E-state index in [0.29, 0.717) is 13.0 Å². The number of benzene rings is 1. The Bertz CT molecular complexity index is 438. The van der Waals surface area contributed by atoms with Crippen molar-refractivity contribution in [2.24, 2.45) is 0 Å². The van der Waals surface area contributed by atoms with Crippen LogP contribution in [0.4, 0.5) is 0 Å². The minimum Gasteiger partial charge on any atom is -0.480 e. The Labute approximate surface area is 94.5 Å². The van der Waals surface area contributed by atoms with Gasteiger partial charge in [0.2, 0.25) is 0 Å². The minimum absolute atomic E-state index is 0.417. The Balaban J connectivity index is 1.86. The van der Waals surface area contributed by atoms with Crippen molar-refractivity contribution in [3.8, 4) is 0 Å². The van der Waals surface area contributed by atoms with Crippen LogP contribution in [-0.2, 0) is 17.8 Å². The van der Waals surface area contributed by atoms with Crippen LogP contribution in [0.3, 0.4) is 0 Å². The molecule has 3 rings (SSSR count). The van der Waals surface area contributed by atoms with Gasteiger partial charge in [-0.25, -0.2) is 0 Å². The Hall–Kier alpha value is -1.35. The lowest BCUT2D eigenvalue weighted by atomic mass is 9.93. The van der Waals surface area contributed by atoms with Crippen LogP contribution >= 0.6 is 0 Å². The summed E-state index contributed by atoms with van der Waals surface area (Å²) in [7, 11) is 0. The van der Waals surface area contributed by atoms with Crippen LogP contribution in [0.5, 0.6) is 0 Å². The van der Waals surface area contributed by atoms with Crippen molar-refractivity contribution in [2.45, 2.75) is 37.8 Å². The van der Waals surface area contributed by atoms with Gasteiger partial charge in [0.25, 0.3) is 0 Å². The number of hydrogen-bond donors (Lipinski definition) is 2. The number of aliphatic carboxylic acids is 1. The first-order valence-corrected chi connectivity index (χ1v) is 5.82. The Morgan fingerprint density at radius 1 is 1.31 bits per heavy atom. The van der Waals surface area contributed by atoms with Crippen molar-refractivity contribution in [1.82, 2.24) is 5.32 Å². The van der Waals surface area contributed by atoms with Gasteiger partial charge in [0.05, 0.1) is 0 Å². The van der Waals surface area contributed by atoms with Gasteiger partial charge >= 0.3 is 5.97 Å². The van der Waals surface area contributed by atoms with Crippen LogP contribution in [0.15, 0.2) is 18.2 Å². The third-order valence-electron chi connectivity index (χ3n) is 3.54. The number of hydrogen-bond acceptors (Lipinski definition) is 2. The van der Waals surface area contributed by atoms with Gasteiger partial charge in [-0.05, 0) is 41.9 Å². The third kappa shape index (κ3) is 1.71. The summed E-state index contributed by atoms with van der Waals surface area (Å²) >= 11 is 0. The highest BCUT2D eigenvalue weighted by Gasteiger charge is 2.27. The van der Waals surface area contributed by atoms with Crippen molar-refractivity contribution < 1.29 is 9.90 Å². The van der Waals surface area contributed by atoms with Crippen LogP contribution in [0, 0.1) is 0 Å². The SMILES string of the molecule is O=C(O)C1Cc2ccc(C3CC3)cc2CN1. The molecule has 1 aliphatic heterocycles. The van der Waals surface area contributed by atoms with E-state index in [0.717, 1.165) is 5.92 Å². The first-order valence-electron chi connectivity index (χ1n) is 5.82. The van der Waals surface area contributed by atoms with Crippen LogP contribution in [-0.4, -0.2) is 17.1 Å². The normalized spacial score (nSPS) is 23.9. The predicted octanol–water partition coefficient (Wildman–Crippen LogP) is 1.66. The van der Waals surface area contributed by atoms with Crippen molar-refractivity contribution in [3.05, 3.63) is 34.9 Å². The van der Waals surface area contributed by atoms with E-state index in [1.54, 1.807) is 0 Å². The van der Waals surface area contributed by atoms with E-state index in [9.17, 15) is 4.79 Å². The molecule has 0 aromatic heterocycles. The molecule has 1 fully saturated rings. The number of carboxylic acid groups (broad SMARTS) is 1. The number of carboxylic acids is 1. The quantitative estimate of drug-likeness (QED) is 0.792. The zero-order valence-electron chi connectivity index (χ0n) is 9.07. The van der Waals surface area contributed by atoms with E-state index in [1.807, 2.05) is 0 Å². The molecule has 0 bridgehead atoms. The molecule has 0 saturated heterocycles. The highest BCUT2D eigenvalue weighted by molar-refractivity contribution is 5.74. The Morgan fingerprint density at radius 3 is 2.81 bits per heavy atom. The first-order chi connectivity index (χ1) is 7.74. The average molecular weight is 217 g/mol. The van der Waals surface area contributed by atoms with Crippen LogP contribution in [0.2, 0.25) is 0 Å². The zero-order chi connectivity index (χ0) is 11.1. The van der Waals surface area contributed by atoms with Gasteiger partial charge in [0.1, 0.15) is 6.04 Å². The summed E-state index contributed by atoms with van der Waals surface area (Å²) in [6.45, 7) is 0.687. The molecular formula is C13H15NO2. The fourth-order valence-electron chi connectivity index (χ4n) is 2.38. The van der Waals surface area contributed by atoms with E-state index in [1.165, 1.54) is 29.5 Å². The van der Waals surface area contributed by atoms with E-state index in [-0.39, 0.29) is 0 Å². The molecule has 0 spiro atoms. The monoisotopic (exact) mass is 217 g/mol. The molecule has 1 aliphatic carbocycles. The van der Waals surface area contributed by atoms with E-state index in [4.69, 9.17) is 5.11 Å². The lowest BCUT2D eigenvalue weighted by Crippen LogP contribution is -2.41. The Morgan fingerprint density at radius 2 is 2.12 bits per heavy atom. The molecule has 3 heteroatoms. The highest BCUT2D eigenvalue weighted by atomic mass is 16.4. The fraction of sp³-hybridized carbons (Fsp3) is 0.462. The fourth-order valence-corrected chi connectivity index (χ4v) is 2.38. The molecule has 3 nitrogen and oxygen atoms in total. The largest absolute Gasteiger partial charge is 0.480 e. The highest BCUT2D eigenvalue weighted by Crippen LogP contribution is 2.40. The molecule has 0 amide bonds. The van der Waals surface area contributed by atoms with E-state index >= 15 is 0 Å². The molecule has 1 unspecified atom stereocenters. The van der Waals surface area contributed by atoms with Gasteiger partial charge in [0.15, 0.2) is 0 Å². The van der Waals surface area contributed by atoms with Gasteiger partial charge in [-0.2, -0.15) is 0 Å². The second kappa shape index (κ2) is 3.59. The van der Waals surface area contributed by atoms with Crippen LogP contribution in [0.1, 0.15) is 35.4 Å². The Kier molecular flexibility index (Phi) is 2.21. The van der Waals surface area contributed by atoms with Gasteiger partial charge < -0.3 is 10.4 Å². The van der Waals surface area contributed by atoms with Crippen LogP contribution in [0.25, 0.3) is 0 Å². The second-order valence-electron chi connectivity index (χ2n) is 4.78. The second-order valence-corrected chi connectivity index (χ2v) is 4.78. The van der Waals surface area contributed by atoms with Gasteiger partial charge in [-0.1, -0.05) is 18.2 Å². The average Bonchev–Trinajstić information content (AvgIpc) is 3.11. The topological polar surface area (TPSA) is 49.3 Å². The molecule has 84 valence electrons. The molecule has 0 radical (unpaired) electrons. The van der Waals surface area contributed by atoms with Gasteiger partial charge in [-0.3, -0.25) is 4.79 Å². The van der Waals surface area contributed by atoms with Gasteiger partial charge in [0, 0.05) is 6.54 Å².